The fraction of sp³-hybridized carbons (Fsp3) is 0.455. The first-order valence-electron chi connectivity index (χ1n) is 10.5. The van der Waals surface area contributed by atoms with Crippen LogP contribution in [0.2, 0.25) is 0 Å². The van der Waals surface area contributed by atoms with Gasteiger partial charge in [0.25, 0.3) is 0 Å². The predicted molar refractivity (Wildman–Crippen MR) is 116 cm³/mol. The second-order valence-corrected chi connectivity index (χ2v) is 7.49. The van der Waals surface area contributed by atoms with Crippen molar-refractivity contribution in [2.75, 3.05) is 37.0 Å². The molecule has 0 saturated carbocycles. The van der Waals surface area contributed by atoms with Crippen LogP contribution in [-0.2, 0) is 19.1 Å². The van der Waals surface area contributed by atoms with Gasteiger partial charge in [-0.25, -0.2) is 0 Å². The first-order valence-corrected chi connectivity index (χ1v) is 10.5. The molecule has 1 saturated heterocycles. The first kappa shape index (κ1) is 23.3. The van der Waals surface area contributed by atoms with Gasteiger partial charge in [-0.3, -0.25) is 14.4 Å². The SMILES string of the molecule is COc1ccc(N(CC(=O)NCC2CCCO2)C(=O)CCC(=O)Nc2cc(C)on2)cc1. The number of carbonyl (C=O) groups excluding carboxylic acids is 3. The molecule has 1 aliphatic heterocycles. The monoisotopic (exact) mass is 444 g/mol. The molecule has 1 fully saturated rings. The molecule has 0 spiro atoms. The van der Waals surface area contributed by atoms with E-state index in [9.17, 15) is 14.4 Å². The van der Waals surface area contributed by atoms with Gasteiger partial charge < -0.3 is 29.5 Å². The lowest BCUT2D eigenvalue weighted by atomic mass is 10.2. The van der Waals surface area contributed by atoms with E-state index in [2.05, 4.69) is 15.8 Å². The molecule has 32 heavy (non-hydrogen) atoms. The number of aryl methyl sites for hydroxylation is 1. The topological polar surface area (TPSA) is 123 Å². The summed E-state index contributed by atoms with van der Waals surface area (Å²) in [5.74, 6) is 0.466. The fourth-order valence-corrected chi connectivity index (χ4v) is 3.30. The van der Waals surface area contributed by atoms with E-state index < -0.39 is 0 Å². The minimum Gasteiger partial charge on any atom is -0.497 e. The molecule has 1 aromatic heterocycles. The van der Waals surface area contributed by atoms with Crippen LogP contribution < -0.4 is 20.3 Å². The number of methoxy groups -OCH3 is 1. The number of aromatic nitrogens is 1. The smallest absolute Gasteiger partial charge is 0.240 e. The van der Waals surface area contributed by atoms with Crippen molar-refractivity contribution in [1.29, 1.82) is 0 Å². The first-order chi connectivity index (χ1) is 15.4. The molecule has 10 heteroatoms. The molecular formula is C22H28N4O6. The van der Waals surface area contributed by atoms with Crippen LogP contribution in [0.25, 0.3) is 0 Å². The Labute approximate surface area is 186 Å². The van der Waals surface area contributed by atoms with Crippen LogP contribution in [-0.4, -0.2) is 55.8 Å². The normalized spacial score (nSPS) is 15.2. The number of hydrogen-bond acceptors (Lipinski definition) is 7. The van der Waals surface area contributed by atoms with Crippen molar-refractivity contribution in [3.8, 4) is 5.75 Å². The van der Waals surface area contributed by atoms with Gasteiger partial charge in [0.15, 0.2) is 5.82 Å². The van der Waals surface area contributed by atoms with Crippen LogP contribution in [0.15, 0.2) is 34.9 Å². The van der Waals surface area contributed by atoms with Crippen LogP contribution in [0.5, 0.6) is 5.75 Å². The molecule has 2 aromatic rings. The van der Waals surface area contributed by atoms with E-state index in [-0.39, 0.29) is 43.2 Å². The number of nitrogens with one attached hydrogen (secondary N) is 2. The average Bonchev–Trinajstić information content (AvgIpc) is 3.46. The maximum absolute atomic E-state index is 12.9. The largest absolute Gasteiger partial charge is 0.497 e. The zero-order valence-electron chi connectivity index (χ0n) is 18.3. The van der Waals surface area contributed by atoms with Crippen molar-refractivity contribution in [1.82, 2.24) is 10.5 Å². The molecule has 3 amide bonds. The molecule has 10 nitrogen and oxygen atoms in total. The summed E-state index contributed by atoms with van der Waals surface area (Å²) >= 11 is 0. The van der Waals surface area contributed by atoms with Gasteiger partial charge in [-0.05, 0) is 44.0 Å². The predicted octanol–water partition coefficient (Wildman–Crippen LogP) is 2.04. The van der Waals surface area contributed by atoms with Crippen LogP contribution >= 0.6 is 0 Å². The minimum absolute atomic E-state index is 0.00736. The second-order valence-electron chi connectivity index (χ2n) is 7.49. The third-order valence-electron chi connectivity index (χ3n) is 5.00. The van der Waals surface area contributed by atoms with Gasteiger partial charge in [-0.1, -0.05) is 5.16 Å². The Balaban J connectivity index is 1.59. The molecule has 2 N–H and O–H groups in total. The highest BCUT2D eigenvalue weighted by Crippen LogP contribution is 2.20. The number of nitrogens with zero attached hydrogens (tertiary/aromatic N) is 2. The zero-order chi connectivity index (χ0) is 22.9. The Morgan fingerprint density at radius 2 is 1.97 bits per heavy atom. The quantitative estimate of drug-likeness (QED) is 0.575. The van der Waals surface area contributed by atoms with Gasteiger partial charge in [-0.15, -0.1) is 0 Å². The van der Waals surface area contributed by atoms with Crippen molar-refractivity contribution >= 4 is 29.2 Å². The molecule has 0 aliphatic carbocycles. The van der Waals surface area contributed by atoms with E-state index in [0.717, 1.165) is 12.8 Å². The van der Waals surface area contributed by atoms with E-state index in [1.807, 2.05) is 0 Å². The minimum atomic E-state index is -0.371. The van der Waals surface area contributed by atoms with E-state index in [0.29, 0.717) is 36.2 Å². The highest BCUT2D eigenvalue weighted by molar-refractivity contribution is 6.01. The van der Waals surface area contributed by atoms with Crippen molar-refractivity contribution in [2.24, 2.45) is 0 Å². The zero-order valence-corrected chi connectivity index (χ0v) is 18.3. The van der Waals surface area contributed by atoms with E-state index in [1.54, 1.807) is 44.4 Å². The van der Waals surface area contributed by atoms with Gasteiger partial charge in [0.2, 0.25) is 17.7 Å². The number of carbonyl (C=O) groups is 3. The molecule has 1 aliphatic rings. The Hall–Kier alpha value is -3.40. The van der Waals surface area contributed by atoms with Gasteiger partial charge in [-0.2, -0.15) is 0 Å². The van der Waals surface area contributed by atoms with Gasteiger partial charge in [0.05, 0.1) is 13.2 Å². The molecule has 1 atom stereocenters. The lowest BCUT2D eigenvalue weighted by molar-refractivity contribution is -0.125. The highest BCUT2D eigenvalue weighted by Gasteiger charge is 2.22. The number of ether oxygens (including phenoxy) is 2. The van der Waals surface area contributed by atoms with E-state index in [4.69, 9.17) is 14.0 Å². The molecule has 3 rings (SSSR count). The Morgan fingerprint density at radius 3 is 2.59 bits per heavy atom. The summed E-state index contributed by atoms with van der Waals surface area (Å²) in [6, 6.07) is 8.39. The molecule has 1 aromatic carbocycles. The van der Waals surface area contributed by atoms with Gasteiger partial charge in [0, 0.05) is 37.7 Å². The van der Waals surface area contributed by atoms with Gasteiger partial charge in [0.1, 0.15) is 18.1 Å². The van der Waals surface area contributed by atoms with Crippen LogP contribution in [0.3, 0.4) is 0 Å². The summed E-state index contributed by atoms with van der Waals surface area (Å²) in [6.07, 6.45) is 1.75. The summed E-state index contributed by atoms with van der Waals surface area (Å²) in [7, 11) is 1.55. The molecule has 0 bridgehead atoms. The summed E-state index contributed by atoms with van der Waals surface area (Å²) in [5.41, 5.74) is 0.538. The van der Waals surface area contributed by atoms with Crippen molar-refractivity contribution in [3.05, 3.63) is 36.1 Å². The maximum Gasteiger partial charge on any atom is 0.240 e. The molecule has 172 valence electrons. The summed E-state index contributed by atoms with van der Waals surface area (Å²) in [5, 5.41) is 9.10. The third-order valence-corrected chi connectivity index (χ3v) is 5.00. The summed E-state index contributed by atoms with van der Waals surface area (Å²) in [4.78, 5) is 39.0. The molecular weight excluding hydrogens is 416 g/mol. The van der Waals surface area contributed by atoms with E-state index >= 15 is 0 Å². The number of rotatable bonds is 10. The van der Waals surface area contributed by atoms with Crippen molar-refractivity contribution < 1.29 is 28.4 Å². The van der Waals surface area contributed by atoms with Crippen LogP contribution in [0.1, 0.15) is 31.4 Å². The summed E-state index contributed by atoms with van der Waals surface area (Å²) < 4.78 is 15.6. The number of hydrogen-bond donors (Lipinski definition) is 2. The van der Waals surface area contributed by atoms with Gasteiger partial charge >= 0.3 is 0 Å². The highest BCUT2D eigenvalue weighted by atomic mass is 16.5. The van der Waals surface area contributed by atoms with E-state index in [1.165, 1.54) is 4.90 Å². The second kappa shape index (κ2) is 11.3. The van der Waals surface area contributed by atoms with Crippen molar-refractivity contribution in [3.63, 3.8) is 0 Å². The standard InChI is InChI=1S/C22H28N4O6/c1-15-12-19(25-32-15)24-20(27)9-10-22(29)26(16-5-7-17(30-2)8-6-16)14-21(28)23-13-18-4-3-11-31-18/h5-8,12,18H,3-4,9-11,13-14H2,1-2H3,(H,23,28)(H,24,25,27). The molecule has 1 unspecified atom stereocenters. The summed E-state index contributed by atoms with van der Waals surface area (Å²) in [6.45, 7) is 2.65. The van der Waals surface area contributed by atoms with Crippen molar-refractivity contribution in [2.45, 2.75) is 38.7 Å². The molecule has 0 radical (unpaired) electrons. The number of benzene rings is 1. The number of anilines is 2. The molecule has 2 heterocycles. The third kappa shape index (κ3) is 6.81. The van der Waals surface area contributed by atoms with Crippen LogP contribution in [0, 0.1) is 6.92 Å². The maximum atomic E-state index is 12.9. The Kier molecular flexibility index (Phi) is 8.20. The van der Waals surface area contributed by atoms with Crippen LogP contribution in [0.4, 0.5) is 11.5 Å². The number of amides is 3. The Bertz CT molecular complexity index is 921. The fourth-order valence-electron chi connectivity index (χ4n) is 3.30. The Morgan fingerprint density at radius 1 is 1.19 bits per heavy atom. The lowest BCUT2D eigenvalue weighted by Gasteiger charge is -2.23. The lowest BCUT2D eigenvalue weighted by Crippen LogP contribution is -2.43. The average molecular weight is 444 g/mol.